The SMILES string of the molecule is Cc1ccc(CNCC(N)=O)cc1[N+](=O)[O-]. The van der Waals surface area contributed by atoms with E-state index in [1.54, 1.807) is 19.1 Å². The first kappa shape index (κ1) is 12.1. The predicted molar refractivity (Wildman–Crippen MR) is 58.7 cm³/mol. The van der Waals surface area contributed by atoms with Crippen molar-refractivity contribution in [2.24, 2.45) is 5.73 Å². The maximum Gasteiger partial charge on any atom is 0.272 e. The molecule has 1 amide bonds. The van der Waals surface area contributed by atoms with E-state index in [1.807, 2.05) is 0 Å². The molecule has 0 spiro atoms. The largest absolute Gasteiger partial charge is 0.369 e. The number of carbonyl (C=O) groups excluding carboxylic acids is 1. The summed E-state index contributed by atoms with van der Waals surface area (Å²) < 4.78 is 0. The number of rotatable bonds is 5. The normalized spacial score (nSPS) is 10.1. The molecule has 6 heteroatoms. The number of nitrogens with one attached hydrogen (secondary N) is 1. The van der Waals surface area contributed by atoms with Crippen LogP contribution in [0.5, 0.6) is 0 Å². The topological polar surface area (TPSA) is 98.3 Å². The summed E-state index contributed by atoms with van der Waals surface area (Å²) in [6.07, 6.45) is 0. The zero-order chi connectivity index (χ0) is 12.1. The number of nitrogens with two attached hydrogens (primary N) is 1. The Morgan fingerprint density at radius 2 is 2.25 bits per heavy atom. The molecule has 0 aliphatic heterocycles. The van der Waals surface area contributed by atoms with Gasteiger partial charge in [-0.3, -0.25) is 14.9 Å². The Balaban J connectivity index is 2.71. The second kappa shape index (κ2) is 5.22. The average molecular weight is 223 g/mol. The number of primary amides is 1. The van der Waals surface area contributed by atoms with Crippen molar-refractivity contribution in [1.82, 2.24) is 5.32 Å². The summed E-state index contributed by atoms with van der Waals surface area (Å²) in [5.41, 5.74) is 6.39. The molecule has 1 aromatic carbocycles. The molecule has 0 aliphatic rings. The number of amides is 1. The van der Waals surface area contributed by atoms with Crippen LogP contribution in [0.15, 0.2) is 18.2 Å². The minimum Gasteiger partial charge on any atom is -0.369 e. The molecule has 3 N–H and O–H groups in total. The van der Waals surface area contributed by atoms with E-state index in [-0.39, 0.29) is 12.2 Å². The zero-order valence-electron chi connectivity index (χ0n) is 8.90. The van der Waals surface area contributed by atoms with Gasteiger partial charge in [0, 0.05) is 18.2 Å². The molecule has 16 heavy (non-hydrogen) atoms. The van der Waals surface area contributed by atoms with Gasteiger partial charge >= 0.3 is 0 Å². The molecule has 0 bridgehead atoms. The smallest absolute Gasteiger partial charge is 0.272 e. The molecular weight excluding hydrogens is 210 g/mol. The summed E-state index contributed by atoms with van der Waals surface area (Å²) in [7, 11) is 0. The van der Waals surface area contributed by atoms with E-state index >= 15 is 0 Å². The summed E-state index contributed by atoms with van der Waals surface area (Å²) in [5, 5.41) is 13.5. The minimum atomic E-state index is -0.457. The molecule has 86 valence electrons. The van der Waals surface area contributed by atoms with Gasteiger partial charge in [0.2, 0.25) is 5.91 Å². The zero-order valence-corrected chi connectivity index (χ0v) is 8.90. The van der Waals surface area contributed by atoms with Gasteiger partial charge in [-0.05, 0) is 12.5 Å². The second-order valence-corrected chi connectivity index (χ2v) is 3.45. The third-order valence-corrected chi connectivity index (χ3v) is 2.10. The highest BCUT2D eigenvalue weighted by atomic mass is 16.6. The molecule has 0 unspecified atom stereocenters. The molecule has 0 aliphatic carbocycles. The summed E-state index contributed by atoms with van der Waals surface area (Å²) in [6, 6.07) is 4.94. The van der Waals surface area contributed by atoms with Gasteiger partial charge in [-0.25, -0.2) is 0 Å². The van der Waals surface area contributed by atoms with Crippen LogP contribution in [0, 0.1) is 17.0 Å². The average Bonchev–Trinajstić information content (AvgIpc) is 2.19. The van der Waals surface area contributed by atoms with Crippen LogP contribution < -0.4 is 11.1 Å². The van der Waals surface area contributed by atoms with Gasteiger partial charge in [0.1, 0.15) is 0 Å². The van der Waals surface area contributed by atoms with Crippen molar-refractivity contribution in [3.05, 3.63) is 39.4 Å². The lowest BCUT2D eigenvalue weighted by Gasteiger charge is -2.03. The molecule has 0 fully saturated rings. The fraction of sp³-hybridized carbons (Fsp3) is 0.300. The lowest BCUT2D eigenvalue weighted by molar-refractivity contribution is -0.385. The third kappa shape index (κ3) is 3.32. The Kier molecular flexibility index (Phi) is 3.96. The molecule has 0 saturated heterocycles. The van der Waals surface area contributed by atoms with Crippen molar-refractivity contribution >= 4 is 11.6 Å². The Hall–Kier alpha value is -1.95. The van der Waals surface area contributed by atoms with E-state index in [0.717, 1.165) is 5.56 Å². The lowest BCUT2D eigenvalue weighted by Crippen LogP contribution is -2.28. The number of benzene rings is 1. The predicted octanol–water partition coefficient (Wildman–Crippen LogP) is 0.478. The van der Waals surface area contributed by atoms with Gasteiger partial charge in [0.15, 0.2) is 0 Å². The van der Waals surface area contributed by atoms with Crippen LogP contribution in [-0.4, -0.2) is 17.4 Å². The molecule has 0 saturated carbocycles. The van der Waals surface area contributed by atoms with Crippen LogP contribution in [-0.2, 0) is 11.3 Å². The first-order chi connectivity index (χ1) is 7.50. The molecule has 1 rings (SSSR count). The van der Waals surface area contributed by atoms with Crippen LogP contribution in [0.1, 0.15) is 11.1 Å². The van der Waals surface area contributed by atoms with Gasteiger partial charge in [-0.1, -0.05) is 12.1 Å². The van der Waals surface area contributed by atoms with Crippen LogP contribution >= 0.6 is 0 Å². The Bertz CT molecular complexity index is 418. The summed E-state index contributed by atoms with van der Waals surface area (Å²) in [6.45, 7) is 2.12. The highest BCUT2D eigenvalue weighted by Gasteiger charge is 2.10. The fourth-order valence-electron chi connectivity index (χ4n) is 1.29. The number of nitro groups is 1. The van der Waals surface area contributed by atoms with E-state index in [0.29, 0.717) is 12.1 Å². The van der Waals surface area contributed by atoms with Crippen molar-refractivity contribution in [2.45, 2.75) is 13.5 Å². The maximum atomic E-state index is 10.7. The Morgan fingerprint density at radius 3 is 2.81 bits per heavy atom. The molecule has 6 nitrogen and oxygen atoms in total. The second-order valence-electron chi connectivity index (χ2n) is 3.45. The highest BCUT2D eigenvalue weighted by molar-refractivity contribution is 5.75. The van der Waals surface area contributed by atoms with E-state index in [4.69, 9.17) is 5.73 Å². The van der Waals surface area contributed by atoms with E-state index < -0.39 is 10.8 Å². The maximum absolute atomic E-state index is 10.7. The fourth-order valence-corrected chi connectivity index (χ4v) is 1.29. The molecule has 0 radical (unpaired) electrons. The number of nitrogens with zero attached hydrogens (tertiary/aromatic N) is 1. The number of hydrogen-bond acceptors (Lipinski definition) is 4. The van der Waals surface area contributed by atoms with E-state index in [9.17, 15) is 14.9 Å². The van der Waals surface area contributed by atoms with Crippen LogP contribution in [0.25, 0.3) is 0 Å². The number of aryl methyl sites for hydroxylation is 1. The first-order valence-corrected chi connectivity index (χ1v) is 4.73. The van der Waals surface area contributed by atoms with Crippen molar-refractivity contribution < 1.29 is 9.72 Å². The van der Waals surface area contributed by atoms with Crippen LogP contribution in [0.2, 0.25) is 0 Å². The quantitative estimate of drug-likeness (QED) is 0.560. The summed E-state index contributed by atoms with van der Waals surface area (Å²) >= 11 is 0. The molecular formula is C10H13N3O3. The van der Waals surface area contributed by atoms with Gasteiger partial charge in [0.05, 0.1) is 11.5 Å². The van der Waals surface area contributed by atoms with Crippen LogP contribution in [0.3, 0.4) is 0 Å². The molecule has 0 heterocycles. The first-order valence-electron chi connectivity index (χ1n) is 4.73. The van der Waals surface area contributed by atoms with Gasteiger partial charge in [0.25, 0.3) is 5.69 Å². The monoisotopic (exact) mass is 223 g/mol. The molecule has 0 aromatic heterocycles. The highest BCUT2D eigenvalue weighted by Crippen LogP contribution is 2.18. The van der Waals surface area contributed by atoms with Crippen molar-refractivity contribution in [3.63, 3.8) is 0 Å². The number of nitro benzene ring substituents is 1. The van der Waals surface area contributed by atoms with Crippen LogP contribution in [0.4, 0.5) is 5.69 Å². The molecule has 1 aromatic rings. The van der Waals surface area contributed by atoms with Gasteiger partial charge < -0.3 is 11.1 Å². The number of hydrogen-bond donors (Lipinski definition) is 2. The Labute approximate surface area is 92.6 Å². The standard InChI is InChI=1S/C10H13N3O3/c1-7-2-3-8(4-9(7)13(15)16)5-12-6-10(11)14/h2-4,12H,5-6H2,1H3,(H2,11,14). The van der Waals surface area contributed by atoms with E-state index in [2.05, 4.69) is 5.32 Å². The Morgan fingerprint density at radius 1 is 1.56 bits per heavy atom. The summed E-state index contributed by atoms with van der Waals surface area (Å²) in [5.74, 6) is -0.457. The van der Waals surface area contributed by atoms with Gasteiger partial charge in [-0.2, -0.15) is 0 Å². The van der Waals surface area contributed by atoms with Crippen molar-refractivity contribution in [1.29, 1.82) is 0 Å². The lowest BCUT2D eigenvalue weighted by atomic mass is 10.1. The molecule has 0 atom stereocenters. The summed E-state index contributed by atoms with van der Waals surface area (Å²) in [4.78, 5) is 20.7. The third-order valence-electron chi connectivity index (χ3n) is 2.10. The van der Waals surface area contributed by atoms with Gasteiger partial charge in [-0.15, -0.1) is 0 Å². The minimum absolute atomic E-state index is 0.0572. The van der Waals surface area contributed by atoms with E-state index in [1.165, 1.54) is 6.07 Å². The van der Waals surface area contributed by atoms with Crippen molar-refractivity contribution in [3.8, 4) is 0 Å². The van der Waals surface area contributed by atoms with Crippen molar-refractivity contribution in [2.75, 3.05) is 6.54 Å². The number of carbonyl (C=O) groups is 1.